The van der Waals surface area contributed by atoms with E-state index >= 15 is 0 Å². The predicted molar refractivity (Wildman–Crippen MR) is 66.1 cm³/mol. The van der Waals surface area contributed by atoms with Crippen molar-refractivity contribution in [3.63, 3.8) is 0 Å². The number of fused-ring (bicyclic) bond motifs is 1. The molecule has 0 aliphatic heterocycles. The second kappa shape index (κ2) is 3.86. The van der Waals surface area contributed by atoms with Gasteiger partial charge in [-0.3, -0.25) is 5.10 Å². The Morgan fingerprint density at radius 2 is 2.18 bits per heavy atom. The summed E-state index contributed by atoms with van der Waals surface area (Å²) in [6, 6.07) is 7.79. The number of aromatic amines is 1. The van der Waals surface area contributed by atoms with E-state index in [1.807, 2.05) is 31.2 Å². The predicted octanol–water partition coefficient (Wildman–Crippen LogP) is 2.40. The number of hydrogen-bond donors (Lipinski definition) is 2. The second-order valence-corrected chi connectivity index (χ2v) is 3.75. The molecule has 0 fully saturated rings. The quantitative estimate of drug-likeness (QED) is 0.702. The van der Waals surface area contributed by atoms with Crippen LogP contribution in [0.1, 0.15) is 5.82 Å². The van der Waals surface area contributed by atoms with Crippen molar-refractivity contribution in [2.45, 2.75) is 6.92 Å². The molecule has 0 spiro atoms. The smallest absolute Gasteiger partial charge is 0.134 e. The van der Waals surface area contributed by atoms with Gasteiger partial charge in [-0.1, -0.05) is 6.07 Å². The molecule has 5 nitrogen and oxygen atoms in total. The van der Waals surface area contributed by atoms with Crippen molar-refractivity contribution in [2.24, 2.45) is 0 Å². The minimum absolute atomic E-state index is 0.745. The summed E-state index contributed by atoms with van der Waals surface area (Å²) in [4.78, 5) is 8.37. The van der Waals surface area contributed by atoms with Crippen LogP contribution >= 0.6 is 0 Å². The van der Waals surface area contributed by atoms with Crippen molar-refractivity contribution < 1.29 is 0 Å². The van der Waals surface area contributed by atoms with Crippen molar-refractivity contribution in [3.05, 3.63) is 42.5 Å². The second-order valence-electron chi connectivity index (χ2n) is 3.75. The first kappa shape index (κ1) is 9.77. The highest BCUT2D eigenvalue weighted by Crippen LogP contribution is 2.23. The molecule has 5 heteroatoms. The van der Waals surface area contributed by atoms with Crippen LogP contribution in [0.4, 0.5) is 11.5 Å². The van der Waals surface area contributed by atoms with Crippen LogP contribution in [0.15, 0.2) is 36.7 Å². The molecule has 0 bridgehead atoms. The third-order valence-corrected chi connectivity index (χ3v) is 2.52. The van der Waals surface area contributed by atoms with Gasteiger partial charge in [0.15, 0.2) is 0 Å². The average Bonchev–Trinajstić information content (AvgIpc) is 2.78. The summed E-state index contributed by atoms with van der Waals surface area (Å²) in [7, 11) is 0. The maximum absolute atomic E-state index is 4.31. The van der Waals surface area contributed by atoms with Gasteiger partial charge in [0.25, 0.3) is 0 Å². The molecule has 84 valence electrons. The van der Waals surface area contributed by atoms with Crippen LogP contribution in [0.3, 0.4) is 0 Å². The minimum Gasteiger partial charge on any atom is -0.340 e. The molecule has 0 radical (unpaired) electrons. The lowest BCUT2D eigenvalue weighted by atomic mass is 10.2. The van der Waals surface area contributed by atoms with E-state index in [1.54, 1.807) is 12.4 Å². The number of hydrogen-bond acceptors (Lipinski definition) is 4. The number of H-pyrrole nitrogens is 1. The van der Waals surface area contributed by atoms with Crippen LogP contribution in [0.5, 0.6) is 0 Å². The van der Waals surface area contributed by atoms with E-state index in [0.717, 1.165) is 28.2 Å². The summed E-state index contributed by atoms with van der Waals surface area (Å²) < 4.78 is 0. The lowest BCUT2D eigenvalue weighted by Crippen LogP contribution is -1.96. The van der Waals surface area contributed by atoms with Crippen LogP contribution in [0, 0.1) is 6.92 Å². The molecule has 0 amide bonds. The third-order valence-electron chi connectivity index (χ3n) is 2.52. The summed E-state index contributed by atoms with van der Waals surface area (Å²) in [6.45, 7) is 1.86. The van der Waals surface area contributed by atoms with Crippen molar-refractivity contribution in [2.75, 3.05) is 5.32 Å². The molecule has 2 heterocycles. The standard InChI is InChI=1S/C12H11N5/c1-8-13-6-5-12(15-8)16-10-3-2-4-11-9(10)7-14-17-11/h2-7H,1H3,(H,14,17)(H,13,15,16). The summed E-state index contributed by atoms with van der Waals surface area (Å²) in [6.07, 6.45) is 3.53. The van der Waals surface area contributed by atoms with E-state index in [2.05, 4.69) is 25.5 Å². The van der Waals surface area contributed by atoms with Crippen molar-refractivity contribution in [1.29, 1.82) is 0 Å². The van der Waals surface area contributed by atoms with Crippen LogP contribution in [-0.4, -0.2) is 20.2 Å². The van der Waals surface area contributed by atoms with Gasteiger partial charge in [-0.25, -0.2) is 9.97 Å². The van der Waals surface area contributed by atoms with E-state index in [-0.39, 0.29) is 0 Å². The maximum atomic E-state index is 4.31. The molecule has 17 heavy (non-hydrogen) atoms. The first-order valence-electron chi connectivity index (χ1n) is 5.32. The van der Waals surface area contributed by atoms with Crippen LogP contribution in [0.25, 0.3) is 10.9 Å². The molecular weight excluding hydrogens is 214 g/mol. The molecule has 0 aliphatic rings. The lowest BCUT2D eigenvalue weighted by Gasteiger charge is -2.06. The van der Waals surface area contributed by atoms with E-state index in [1.165, 1.54) is 0 Å². The monoisotopic (exact) mass is 225 g/mol. The first-order chi connectivity index (χ1) is 8.33. The summed E-state index contributed by atoms with van der Waals surface area (Å²) in [5, 5.41) is 11.3. The maximum Gasteiger partial charge on any atom is 0.134 e. The van der Waals surface area contributed by atoms with Gasteiger partial charge in [-0.2, -0.15) is 5.10 Å². The SMILES string of the molecule is Cc1nccc(Nc2cccc3[nH]ncc23)n1. The molecule has 0 saturated heterocycles. The number of aryl methyl sites for hydroxylation is 1. The Bertz CT molecular complexity index is 659. The van der Waals surface area contributed by atoms with Gasteiger partial charge in [0, 0.05) is 11.6 Å². The largest absolute Gasteiger partial charge is 0.340 e. The zero-order valence-corrected chi connectivity index (χ0v) is 9.31. The molecule has 0 unspecified atom stereocenters. The van der Waals surface area contributed by atoms with Gasteiger partial charge < -0.3 is 5.32 Å². The first-order valence-corrected chi connectivity index (χ1v) is 5.32. The number of benzene rings is 1. The topological polar surface area (TPSA) is 66.5 Å². The van der Waals surface area contributed by atoms with E-state index in [9.17, 15) is 0 Å². The van der Waals surface area contributed by atoms with Crippen LogP contribution in [-0.2, 0) is 0 Å². The molecule has 3 aromatic rings. The molecule has 0 aliphatic carbocycles. The fourth-order valence-corrected chi connectivity index (χ4v) is 1.74. The fourth-order valence-electron chi connectivity index (χ4n) is 1.74. The van der Waals surface area contributed by atoms with Crippen molar-refractivity contribution in [1.82, 2.24) is 20.2 Å². The molecule has 0 atom stereocenters. The van der Waals surface area contributed by atoms with Gasteiger partial charge in [0.2, 0.25) is 0 Å². The molecule has 3 rings (SSSR count). The molecule has 0 saturated carbocycles. The van der Waals surface area contributed by atoms with Crippen LogP contribution in [0.2, 0.25) is 0 Å². The van der Waals surface area contributed by atoms with Crippen LogP contribution < -0.4 is 5.32 Å². The van der Waals surface area contributed by atoms with E-state index in [0.29, 0.717) is 0 Å². The Hall–Kier alpha value is -2.43. The number of anilines is 2. The van der Waals surface area contributed by atoms with Gasteiger partial charge in [0.05, 0.1) is 17.4 Å². The number of nitrogens with zero attached hydrogens (tertiary/aromatic N) is 3. The van der Waals surface area contributed by atoms with E-state index < -0.39 is 0 Å². The van der Waals surface area contributed by atoms with Gasteiger partial charge in [-0.15, -0.1) is 0 Å². The molecular formula is C12H11N5. The van der Waals surface area contributed by atoms with Crippen molar-refractivity contribution >= 4 is 22.4 Å². The lowest BCUT2D eigenvalue weighted by molar-refractivity contribution is 1.06. The molecule has 1 aromatic carbocycles. The zero-order valence-electron chi connectivity index (χ0n) is 9.31. The highest BCUT2D eigenvalue weighted by Gasteiger charge is 2.03. The third kappa shape index (κ3) is 1.82. The van der Waals surface area contributed by atoms with Crippen molar-refractivity contribution in [3.8, 4) is 0 Å². The Kier molecular flexibility index (Phi) is 2.22. The van der Waals surface area contributed by atoms with Gasteiger partial charge in [-0.05, 0) is 25.1 Å². The summed E-state index contributed by atoms with van der Waals surface area (Å²) >= 11 is 0. The zero-order chi connectivity index (χ0) is 11.7. The summed E-state index contributed by atoms with van der Waals surface area (Å²) in [5.74, 6) is 1.53. The Labute approximate surface area is 97.9 Å². The normalized spacial score (nSPS) is 10.6. The van der Waals surface area contributed by atoms with Gasteiger partial charge in [0.1, 0.15) is 11.6 Å². The highest BCUT2D eigenvalue weighted by atomic mass is 15.1. The number of rotatable bonds is 2. The number of aromatic nitrogens is 4. The Morgan fingerprint density at radius 1 is 1.24 bits per heavy atom. The Morgan fingerprint density at radius 3 is 3.06 bits per heavy atom. The molecule has 2 aromatic heterocycles. The van der Waals surface area contributed by atoms with E-state index in [4.69, 9.17) is 0 Å². The Balaban J connectivity index is 2.02. The number of nitrogens with one attached hydrogen (secondary N) is 2. The summed E-state index contributed by atoms with van der Waals surface area (Å²) in [5.41, 5.74) is 1.98. The fraction of sp³-hybridized carbons (Fsp3) is 0.0833. The molecule has 2 N–H and O–H groups in total. The minimum atomic E-state index is 0.745. The van der Waals surface area contributed by atoms with Gasteiger partial charge >= 0.3 is 0 Å². The highest BCUT2D eigenvalue weighted by molar-refractivity contribution is 5.92. The average molecular weight is 225 g/mol.